The van der Waals surface area contributed by atoms with E-state index in [4.69, 9.17) is 16.3 Å². The van der Waals surface area contributed by atoms with Gasteiger partial charge in [-0.15, -0.1) is 13.2 Å². The Morgan fingerprint density at radius 1 is 1.20 bits per heavy atom. The van der Waals surface area contributed by atoms with Crippen LogP contribution in [0.3, 0.4) is 0 Å². The maximum absolute atomic E-state index is 12.1. The molecule has 1 aromatic carbocycles. The molecule has 106 valence electrons. The topological polar surface area (TPSA) is 44.2 Å². The van der Waals surface area contributed by atoms with E-state index in [-0.39, 0.29) is 27.1 Å². The molecule has 0 spiro atoms. The van der Waals surface area contributed by atoms with Crippen LogP contribution in [0.2, 0.25) is 5.28 Å². The molecule has 2 aromatic rings. The van der Waals surface area contributed by atoms with Crippen molar-refractivity contribution in [1.82, 2.24) is 9.97 Å². The first-order chi connectivity index (χ1) is 9.33. The van der Waals surface area contributed by atoms with E-state index < -0.39 is 6.36 Å². The first-order valence-electron chi connectivity index (χ1n) is 5.05. The van der Waals surface area contributed by atoms with Gasteiger partial charge in [-0.2, -0.15) is 4.98 Å². The summed E-state index contributed by atoms with van der Waals surface area (Å²) in [6, 6.07) is 5.20. The number of benzene rings is 1. The van der Waals surface area contributed by atoms with Gasteiger partial charge in [0.1, 0.15) is 11.5 Å². The molecule has 0 aliphatic heterocycles. The fourth-order valence-corrected chi connectivity index (χ4v) is 1.83. The molecule has 0 saturated heterocycles. The Kier molecular flexibility index (Phi) is 4.34. The van der Waals surface area contributed by atoms with Gasteiger partial charge in [-0.05, 0) is 45.7 Å². The molecule has 0 aliphatic rings. The van der Waals surface area contributed by atoms with Crippen LogP contribution >= 0.6 is 27.5 Å². The number of aromatic nitrogens is 2. The second kappa shape index (κ2) is 5.84. The highest BCUT2D eigenvalue weighted by Crippen LogP contribution is 2.34. The molecule has 20 heavy (non-hydrogen) atoms. The zero-order chi connectivity index (χ0) is 14.8. The molecule has 0 N–H and O–H groups in total. The van der Waals surface area contributed by atoms with E-state index in [2.05, 4.69) is 30.6 Å². The first-order valence-corrected chi connectivity index (χ1v) is 6.22. The Labute approximate surface area is 124 Å². The molecule has 0 fully saturated rings. The number of halogens is 5. The molecule has 0 radical (unpaired) electrons. The molecule has 0 amide bonds. The predicted octanol–water partition coefficient (Wildman–Crippen LogP) is 4.58. The third-order valence-electron chi connectivity index (χ3n) is 1.95. The van der Waals surface area contributed by atoms with E-state index in [1.54, 1.807) is 0 Å². The normalized spacial score (nSPS) is 11.2. The summed E-state index contributed by atoms with van der Waals surface area (Å²) in [6.07, 6.45) is -3.37. The lowest BCUT2D eigenvalue weighted by atomic mass is 10.3. The van der Waals surface area contributed by atoms with Gasteiger partial charge in [-0.3, -0.25) is 0 Å². The van der Waals surface area contributed by atoms with Gasteiger partial charge in [-0.1, -0.05) is 0 Å². The quantitative estimate of drug-likeness (QED) is 0.743. The van der Waals surface area contributed by atoms with Crippen LogP contribution < -0.4 is 9.47 Å². The van der Waals surface area contributed by atoms with Gasteiger partial charge in [0.05, 0.1) is 4.47 Å². The van der Waals surface area contributed by atoms with Crippen LogP contribution in [-0.4, -0.2) is 16.3 Å². The minimum Gasteiger partial charge on any atom is -0.439 e. The van der Waals surface area contributed by atoms with Crippen molar-refractivity contribution in [2.24, 2.45) is 0 Å². The summed E-state index contributed by atoms with van der Waals surface area (Å²) in [7, 11) is 0. The fourth-order valence-electron chi connectivity index (χ4n) is 1.25. The number of nitrogens with zero attached hydrogens (tertiary/aromatic N) is 2. The smallest absolute Gasteiger partial charge is 0.439 e. The minimum atomic E-state index is -4.76. The van der Waals surface area contributed by atoms with Crippen molar-refractivity contribution in [3.63, 3.8) is 0 Å². The number of ether oxygens (including phenoxy) is 2. The molecule has 0 saturated carbocycles. The molecule has 0 aliphatic carbocycles. The average Bonchev–Trinajstić information content (AvgIpc) is 2.31. The van der Waals surface area contributed by atoms with Gasteiger partial charge >= 0.3 is 6.36 Å². The summed E-state index contributed by atoms with van der Waals surface area (Å²) in [4.78, 5) is 7.46. The lowest BCUT2D eigenvalue weighted by Crippen LogP contribution is -2.17. The van der Waals surface area contributed by atoms with Crippen molar-refractivity contribution in [3.8, 4) is 17.4 Å². The largest absolute Gasteiger partial charge is 0.573 e. The zero-order valence-electron chi connectivity index (χ0n) is 9.49. The van der Waals surface area contributed by atoms with Crippen LogP contribution in [0.1, 0.15) is 0 Å². The van der Waals surface area contributed by atoms with Crippen molar-refractivity contribution in [2.75, 3.05) is 0 Å². The summed E-state index contributed by atoms with van der Waals surface area (Å²) in [6.45, 7) is 0. The lowest BCUT2D eigenvalue weighted by Gasteiger charge is -2.11. The van der Waals surface area contributed by atoms with E-state index in [1.807, 2.05) is 0 Å². The standard InChI is InChI=1S/C11H5BrClF3N2O2/c12-7-5-6(1-2-8(7)20-11(14,15)16)19-9-3-4-17-10(13)18-9/h1-5H. The van der Waals surface area contributed by atoms with Crippen LogP contribution in [0, 0.1) is 0 Å². The molecule has 0 unspecified atom stereocenters. The zero-order valence-corrected chi connectivity index (χ0v) is 11.8. The number of hydrogen-bond donors (Lipinski definition) is 0. The second-order valence-electron chi connectivity index (χ2n) is 3.41. The van der Waals surface area contributed by atoms with Crippen molar-refractivity contribution in [2.45, 2.75) is 6.36 Å². The minimum absolute atomic E-state index is 0.00131. The van der Waals surface area contributed by atoms with Gasteiger partial charge < -0.3 is 9.47 Å². The molecule has 9 heteroatoms. The summed E-state index contributed by atoms with van der Waals surface area (Å²) < 4.78 is 45.5. The number of alkyl halides is 3. The summed E-state index contributed by atoms with van der Waals surface area (Å²) in [5, 5.41) is -0.00131. The van der Waals surface area contributed by atoms with Gasteiger partial charge in [0.15, 0.2) is 0 Å². The van der Waals surface area contributed by atoms with Gasteiger partial charge in [0.25, 0.3) is 0 Å². The Bertz CT molecular complexity index is 625. The van der Waals surface area contributed by atoms with E-state index in [0.717, 1.165) is 6.07 Å². The average molecular weight is 370 g/mol. The molecule has 0 bridgehead atoms. The Morgan fingerprint density at radius 3 is 2.55 bits per heavy atom. The molecule has 0 atom stereocenters. The number of hydrogen-bond acceptors (Lipinski definition) is 4. The van der Waals surface area contributed by atoms with Crippen LogP contribution in [-0.2, 0) is 0 Å². The van der Waals surface area contributed by atoms with Gasteiger partial charge in [0.2, 0.25) is 11.2 Å². The molecule has 1 heterocycles. The molecule has 4 nitrogen and oxygen atoms in total. The van der Waals surface area contributed by atoms with Crippen molar-refractivity contribution in [1.29, 1.82) is 0 Å². The highest BCUT2D eigenvalue weighted by atomic mass is 79.9. The highest BCUT2D eigenvalue weighted by molar-refractivity contribution is 9.10. The first kappa shape index (κ1) is 14.9. The fraction of sp³-hybridized carbons (Fsp3) is 0.0909. The van der Waals surface area contributed by atoms with Crippen LogP contribution in [0.25, 0.3) is 0 Å². The molecular formula is C11H5BrClF3N2O2. The summed E-state index contributed by atoms with van der Waals surface area (Å²) in [5.41, 5.74) is 0. The number of rotatable bonds is 3. The highest BCUT2D eigenvalue weighted by Gasteiger charge is 2.32. The maximum Gasteiger partial charge on any atom is 0.573 e. The van der Waals surface area contributed by atoms with Crippen molar-refractivity contribution >= 4 is 27.5 Å². The Hall–Kier alpha value is -1.54. The lowest BCUT2D eigenvalue weighted by molar-refractivity contribution is -0.274. The monoisotopic (exact) mass is 368 g/mol. The third kappa shape index (κ3) is 4.24. The van der Waals surface area contributed by atoms with Crippen LogP contribution in [0.15, 0.2) is 34.9 Å². The third-order valence-corrected chi connectivity index (χ3v) is 2.75. The van der Waals surface area contributed by atoms with Crippen molar-refractivity contribution < 1.29 is 22.6 Å². The summed E-state index contributed by atoms with van der Waals surface area (Å²) >= 11 is 8.55. The van der Waals surface area contributed by atoms with E-state index in [0.29, 0.717) is 0 Å². The Morgan fingerprint density at radius 2 is 1.95 bits per heavy atom. The maximum atomic E-state index is 12.1. The van der Waals surface area contributed by atoms with E-state index >= 15 is 0 Å². The van der Waals surface area contributed by atoms with Crippen molar-refractivity contribution in [3.05, 3.63) is 40.2 Å². The van der Waals surface area contributed by atoms with Crippen LogP contribution in [0.5, 0.6) is 17.4 Å². The second-order valence-corrected chi connectivity index (χ2v) is 4.60. The van der Waals surface area contributed by atoms with E-state index in [9.17, 15) is 13.2 Å². The Balaban J connectivity index is 2.17. The summed E-state index contributed by atoms with van der Waals surface area (Å²) in [5.74, 6) is 0.0631. The van der Waals surface area contributed by atoms with E-state index in [1.165, 1.54) is 24.4 Å². The molecular weight excluding hydrogens is 364 g/mol. The van der Waals surface area contributed by atoms with Gasteiger partial charge in [-0.25, -0.2) is 4.98 Å². The molecule has 1 aromatic heterocycles. The molecule has 2 rings (SSSR count). The van der Waals surface area contributed by atoms with Gasteiger partial charge in [0, 0.05) is 12.3 Å². The van der Waals surface area contributed by atoms with Crippen LogP contribution in [0.4, 0.5) is 13.2 Å². The SMILES string of the molecule is FC(F)(F)Oc1ccc(Oc2ccnc(Cl)n2)cc1Br. The predicted molar refractivity (Wildman–Crippen MR) is 67.9 cm³/mol.